The van der Waals surface area contributed by atoms with E-state index in [0.717, 1.165) is 5.56 Å². The lowest BCUT2D eigenvalue weighted by Crippen LogP contribution is -2.07. The van der Waals surface area contributed by atoms with Crippen molar-refractivity contribution in [3.8, 4) is 5.75 Å². The van der Waals surface area contributed by atoms with Gasteiger partial charge in [-0.25, -0.2) is 0 Å². The molecule has 0 atom stereocenters. The van der Waals surface area contributed by atoms with Crippen molar-refractivity contribution in [2.45, 2.75) is 13.8 Å². The maximum atomic E-state index is 12.3. The number of benzene rings is 2. The summed E-state index contributed by atoms with van der Waals surface area (Å²) in [6, 6.07) is 11.6. The van der Waals surface area contributed by atoms with Gasteiger partial charge in [0.05, 0.1) is 5.56 Å². The van der Waals surface area contributed by atoms with Crippen LogP contribution in [0.3, 0.4) is 0 Å². The highest BCUT2D eigenvalue weighted by Gasteiger charge is 2.14. The molecule has 20 heavy (non-hydrogen) atoms. The third-order valence-electron chi connectivity index (χ3n) is 2.88. The third-order valence-corrected chi connectivity index (χ3v) is 2.88. The number of phenolic OH excluding ortho intramolecular Hbond substituents is 1. The standard InChI is InChI=1S/C16H15NO3/c1-10-3-5-12(6-4-10)16(20)14-8-7-13(9-15(14)19)17-11(2)18/h3-9,19H,1-2H3,(H,17,18). The summed E-state index contributed by atoms with van der Waals surface area (Å²) >= 11 is 0. The number of phenols is 1. The zero-order valence-electron chi connectivity index (χ0n) is 11.3. The summed E-state index contributed by atoms with van der Waals surface area (Å²) in [7, 11) is 0. The lowest BCUT2D eigenvalue weighted by molar-refractivity contribution is -0.114. The van der Waals surface area contributed by atoms with E-state index >= 15 is 0 Å². The third kappa shape index (κ3) is 3.03. The Labute approximate surface area is 117 Å². The van der Waals surface area contributed by atoms with Crippen LogP contribution in [-0.4, -0.2) is 16.8 Å². The molecular weight excluding hydrogens is 254 g/mol. The molecule has 0 spiro atoms. The summed E-state index contributed by atoms with van der Waals surface area (Å²) in [5.74, 6) is -0.638. The molecule has 0 saturated heterocycles. The Morgan fingerprint density at radius 1 is 1.05 bits per heavy atom. The SMILES string of the molecule is CC(=O)Nc1ccc(C(=O)c2ccc(C)cc2)c(O)c1. The molecule has 0 heterocycles. The molecule has 0 fully saturated rings. The lowest BCUT2D eigenvalue weighted by Gasteiger charge is -2.07. The van der Waals surface area contributed by atoms with Gasteiger partial charge >= 0.3 is 0 Å². The largest absolute Gasteiger partial charge is 0.507 e. The first-order valence-corrected chi connectivity index (χ1v) is 6.19. The zero-order chi connectivity index (χ0) is 14.7. The number of anilines is 1. The highest BCUT2D eigenvalue weighted by Crippen LogP contribution is 2.24. The van der Waals surface area contributed by atoms with Crippen molar-refractivity contribution < 1.29 is 14.7 Å². The van der Waals surface area contributed by atoms with Crippen LogP contribution in [0.5, 0.6) is 5.75 Å². The molecule has 0 aliphatic heterocycles. The van der Waals surface area contributed by atoms with Gasteiger partial charge in [-0.1, -0.05) is 29.8 Å². The Morgan fingerprint density at radius 3 is 2.25 bits per heavy atom. The van der Waals surface area contributed by atoms with Crippen molar-refractivity contribution >= 4 is 17.4 Å². The Hall–Kier alpha value is -2.62. The van der Waals surface area contributed by atoms with Crippen molar-refractivity contribution in [1.29, 1.82) is 0 Å². The number of hydrogen-bond donors (Lipinski definition) is 2. The van der Waals surface area contributed by atoms with E-state index in [1.165, 1.54) is 19.1 Å². The summed E-state index contributed by atoms with van der Waals surface area (Å²) in [6.07, 6.45) is 0. The van der Waals surface area contributed by atoms with Gasteiger partial charge in [0.2, 0.25) is 5.91 Å². The minimum atomic E-state index is -0.253. The highest BCUT2D eigenvalue weighted by molar-refractivity contribution is 6.11. The normalized spacial score (nSPS) is 10.1. The lowest BCUT2D eigenvalue weighted by atomic mass is 10.0. The molecule has 2 N–H and O–H groups in total. The van der Waals surface area contributed by atoms with E-state index in [4.69, 9.17) is 0 Å². The van der Waals surface area contributed by atoms with Crippen LogP contribution in [0.4, 0.5) is 5.69 Å². The van der Waals surface area contributed by atoms with E-state index in [0.29, 0.717) is 11.3 Å². The van der Waals surface area contributed by atoms with E-state index in [2.05, 4.69) is 5.32 Å². The van der Waals surface area contributed by atoms with Gasteiger partial charge in [-0.15, -0.1) is 0 Å². The Balaban J connectivity index is 2.31. The van der Waals surface area contributed by atoms with Gasteiger partial charge in [0, 0.05) is 24.2 Å². The molecule has 4 nitrogen and oxygen atoms in total. The number of carbonyl (C=O) groups is 2. The van der Waals surface area contributed by atoms with Gasteiger partial charge in [0.15, 0.2) is 5.78 Å². The van der Waals surface area contributed by atoms with Gasteiger partial charge in [-0.3, -0.25) is 9.59 Å². The topological polar surface area (TPSA) is 66.4 Å². The van der Waals surface area contributed by atoms with Crippen LogP contribution in [0.15, 0.2) is 42.5 Å². The molecule has 1 amide bonds. The van der Waals surface area contributed by atoms with Crippen LogP contribution < -0.4 is 5.32 Å². The summed E-state index contributed by atoms with van der Waals surface area (Å²) in [5, 5.41) is 12.5. The van der Waals surface area contributed by atoms with Crippen molar-refractivity contribution in [1.82, 2.24) is 0 Å². The van der Waals surface area contributed by atoms with E-state index in [9.17, 15) is 14.7 Å². The molecule has 0 radical (unpaired) electrons. The van der Waals surface area contributed by atoms with Gasteiger partial charge in [0.25, 0.3) is 0 Å². The second kappa shape index (κ2) is 5.57. The fourth-order valence-electron chi connectivity index (χ4n) is 1.87. The van der Waals surface area contributed by atoms with Gasteiger partial charge < -0.3 is 10.4 Å². The summed E-state index contributed by atoms with van der Waals surface area (Å²) in [5.41, 5.74) is 2.24. The van der Waals surface area contributed by atoms with E-state index in [1.807, 2.05) is 19.1 Å². The fourth-order valence-corrected chi connectivity index (χ4v) is 1.87. The molecule has 4 heteroatoms. The van der Waals surface area contributed by atoms with Gasteiger partial charge in [-0.05, 0) is 19.1 Å². The van der Waals surface area contributed by atoms with Crippen molar-refractivity contribution in [3.63, 3.8) is 0 Å². The maximum Gasteiger partial charge on any atom is 0.221 e. The van der Waals surface area contributed by atoms with E-state index in [-0.39, 0.29) is 23.0 Å². The minimum absolute atomic E-state index is 0.151. The van der Waals surface area contributed by atoms with Gasteiger partial charge in [-0.2, -0.15) is 0 Å². The quantitative estimate of drug-likeness (QED) is 0.842. The van der Waals surface area contributed by atoms with Crippen LogP contribution in [0.25, 0.3) is 0 Å². The van der Waals surface area contributed by atoms with Crippen molar-refractivity contribution in [2.24, 2.45) is 0 Å². The Bertz CT molecular complexity index is 660. The Morgan fingerprint density at radius 2 is 1.70 bits per heavy atom. The summed E-state index contributed by atoms with van der Waals surface area (Å²) < 4.78 is 0. The predicted molar refractivity (Wildman–Crippen MR) is 77.0 cm³/mol. The molecular formula is C16H15NO3. The number of ketones is 1. The van der Waals surface area contributed by atoms with Crippen LogP contribution in [0.1, 0.15) is 28.4 Å². The summed E-state index contributed by atoms with van der Waals surface area (Å²) in [4.78, 5) is 23.2. The second-order valence-electron chi connectivity index (χ2n) is 4.61. The Kier molecular flexibility index (Phi) is 3.84. The predicted octanol–water partition coefficient (Wildman–Crippen LogP) is 2.89. The molecule has 0 unspecified atom stereocenters. The van der Waals surface area contributed by atoms with Crippen molar-refractivity contribution in [2.75, 3.05) is 5.32 Å². The summed E-state index contributed by atoms with van der Waals surface area (Å²) in [6.45, 7) is 3.32. The highest BCUT2D eigenvalue weighted by atomic mass is 16.3. The first-order chi connectivity index (χ1) is 9.47. The fraction of sp³-hybridized carbons (Fsp3) is 0.125. The average molecular weight is 269 g/mol. The van der Waals surface area contributed by atoms with Crippen LogP contribution in [0, 0.1) is 6.92 Å². The molecule has 0 saturated carbocycles. The second-order valence-corrected chi connectivity index (χ2v) is 4.61. The van der Waals surface area contributed by atoms with Crippen molar-refractivity contribution in [3.05, 3.63) is 59.2 Å². The molecule has 2 aromatic rings. The van der Waals surface area contributed by atoms with Crippen LogP contribution >= 0.6 is 0 Å². The molecule has 0 aromatic heterocycles. The maximum absolute atomic E-state index is 12.3. The minimum Gasteiger partial charge on any atom is -0.507 e. The number of hydrogen-bond acceptors (Lipinski definition) is 3. The monoisotopic (exact) mass is 269 g/mol. The number of rotatable bonds is 3. The van der Waals surface area contributed by atoms with E-state index < -0.39 is 0 Å². The zero-order valence-corrected chi connectivity index (χ0v) is 11.3. The number of amides is 1. The molecule has 2 aromatic carbocycles. The molecule has 2 rings (SSSR count). The first-order valence-electron chi connectivity index (χ1n) is 6.19. The number of carbonyl (C=O) groups excluding carboxylic acids is 2. The smallest absolute Gasteiger partial charge is 0.221 e. The molecule has 0 bridgehead atoms. The number of aromatic hydroxyl groups is 1. The number of aryl methyl sites for hydroxylation is 1. The van der Waals surface area contributed by atoms with Crippen LogP contribution in [-0.2, 0) is 4.79 Å². The average Bonchev–Trinajstić information content (AvgIpc) is 2.38. The van der Waals surface area contributed by atoms with Gasteiger partial charge in [0.1, 0.15) is 5.75 Å². The number of nitrogens with one attached hydrogen (secondary N) is 1. The van der Waals surface area contributed by atoms with Crippen LogP contribution in [0.2, 0.25) is 0 Å². The molecule has 0 aliphatic carbocycles. The molecule has 102 valence electrons. The first kappa shape index (κ1) is 13.8. The van der Waals surface area contributed by atoms with E-state index in [1.54, 1.807) is 18.2 Å². The molecule has 0 aliphatic rings.